The van der Waals surface area contributed by atoms with E-state index in [1.807, 2.05) is 0 Å². The Morgan fingerprint density at radius 1 is 1.39 bits per heavy atom. The first-order chi connectivity index (χ1) is 8.57. The zero-order valence-electron chi connectivity index (χ0n) is 10.3. The third-order valence-electron chi connectivity index (χ3n) is 3.40. The lowest BCUT2D eigenvalue weighted by atomic mass is 9.97. The van der Waals surface area contributed by atoms with Crippen molar-refractivity contribution in [1.82, 2.24) is 5.32 Å². The molecule has 0 heterocycles. The van der Waals surface area contributed by atoms with Crippen molar-refractivity contribution in [3.05, 3.63) is 35.6 Å². The summed E-state index contributed by atoms with van der Waals surface area (Å²) in [5, 5.41) is 12.8. The number of amides is 1. The summed E-state index contributed by atoms with van der Waals surface area (Å²) in [5.74, 6) is -0.486. The maximum atomic E-state index is 12.9. The first kappa shape index (κ1) is 13.0. The number of carbonyl (C=O) groups excluding carboxylic acids is 1. The molecule has 1 amide bonds. The Labute approximate surface area is 106 Å². The zero-order valence-corrected chi connectivity index (χ0v) is 10.3. The molecule has 2 N–H and O–H groups in total. The SMILES string of the molecule is O=C(CC1(O)CCCC1)NCc1cccc(F)c1. The Kier molecular flexibility index (Phi) is 3.97. The van der Waals surface area contributed by atoms with Crippen LogP contribution in [0.3, 0.4) is 0 Å². The highest BCUT2D eigenvalue weighted by atomic mass is 19.1. The van der Waals surface area contributed by atoms with Gasteiger partial charge in [0.25, 0.3) is 0 Å². The molecular weight excluding hydrogens is 233 g/mol. The van der Waals surface area contributed by atoms with Crippen molar-refractivity contribution in [1.29, 1.82) is 0 Å². The molecule has 0 saturated heterocycles. The summed E-state index contributed by atoms with van der Waals surface area (Å²) in [6, 6.07) is 6.13. The van der Waals surface area contributed by atoms with Crippen LogP contribution in [0.1, 0.15) is 37.7 Å². The van der Waals surface area contributed by atoms with Gasteiger partial charge in [-0.25, -0.2) is 4.39 Å². The third kappa shape index (κ3) is 3.53. The van der Waals surface area contributed by atoms with Crippen molar-refractivity contribution in [2.24, 2.45) is 0 Å². The van der Waals surface area contributed by atoms with Gasteiger partial charge in [-0.1, -0.05) is 25.0 Å². The second kappa shape index (κ2) is 5.48. The summed E-state index contributed by atoms with van der Waals surface area (Å²) < 4.78 is 12.9. The van der Waals surface area contributed by atoms with E-state index in [9.17, 15) is 14.3 Å². The summed E-state index contributed by atoms with van der Waals surface area (Å²) in [5.41, 5.74) is -0.104. The van der Waals surface area contributed by atoms with Crippen LogP contribution in [0.15, 0.2) is 24.3 Å². The van der Waals surface area contributed by atoms with Crippen molar-refractivity contribution in [2.45, 2.75) is 44.2 Å². The first-order valence-electron chi connectivity index (χ1n) is 6.31. The molecule has 4 heteroatoms. The fraction of sp³-hybridized carbons (Fsp3) is 0.500. The van der Waals surface area contributed by atoms with Crippen LogP contribution in [0.4, 0.5) is 4.39 Å². The molecule has 2 rings (SSSR count). The molecule has 1 aromatic rings. The number of aliphatic hydroxyl groups is 1. The smallest absolute Gasteiger partial charge is 0.223 e. The molecule has 1 saturated carbocycles. The molecule has 0 aromatic heterocycles. The van der Waals surface area contributed by atoms with Gasteiger partial charge in [0.05, 0.1) is 12.0 Å². The normalized spacial score (nSPS) is 17.7. The predicted molar refractivity (Wildman–Crippen MR) is 66.3 cm³/mol. The predicted octanol–water partition coefficient (Wildman–Crippen LogP) is 2.14. The van der Waals surface area contributed by atoms with Gasteiger partial charge in [0, 0.05) is 6.54 Å². The lowest BCUT2D eigenvalue weighted by molar-refractivity contribution is -0.126. The Balaban J connectivity index is 1.81. The average molecular weight is 251 g/mol. The number of carbonyl (C=O) groups is 1. The minimum absolute atomic E-state index is 0.141. The van der Waals surface area contributed by atoms with E-state index in [2.05, 4.69) is 5.32 Å². The van der Waals surface area contributed by atoms with E-state index in [4.69, 9.17) is 0 Å². The van der Waals surface area contributed by atoms with Gasteiger partial charge in [-0.05, 0) is 30.5 Å². The van der Waals surface area contributed by atoms with Crippen molar-refractivity contribution in [3.8, 4) is 0 Å². The van der Waals surface area contributed by atoms with Crippen LogP contribution >= 0.6 is 0 Å². The first-order valence-corrected chi connectivity index (χ1v) is 6.31. The van der Waals surface area contributed by atoms with Gasteiger partial charge in [0.2, 0.25) is 5.91 Å². The quantitative estimate of drug-likeness (QED) is 0.861. The van der Waals surface area contributed by atoms with E-state index in [0.29, 0.717) is 19.4 Å². The van der Waals surface area contributed by atoms with Crippen molar-refractivity contribution in [3.63, 3.8) is 0 Å². The molecule has 18 heavy (non-hydrogen) atoms. The van der Waals surface area contributed by atoms with Crippen LogP contribution in [0.5, 0.6) is 0 Å². The van der Waals surface area contributed by atoms with Crippen LogP contribution in [0.2, 0.25) is 0 Å². The molecule has 0 bridgehead atoms. The lowest BCUT2D eigenvalue weighted by Gasteiger charge is -2.21. The van der Waals surface area contributed by atoms with Gasteiger partial charge >= 0.3 is 0 Å². The number of hydrogen-bond acceptors (Lipinski definition) is 2. The second-order valence-corrected chi connectivity index (χ2v) is 5.01. The van der Waals surface area contributed by atoms with Gasteiger partial charge in [-0.15, -0.1) is 0 Å². The Morgan fingerprint density at radius 3 is 2.78 bits per heavy atom. The van der Waals surface area contributed by atoms with E-state index in [1.54, 1.807) is 12.1 Å². The average Bonchev–Trinajstić information content (AvgIpc) is 2.73. The maximum Gasteiger partial charge on any atom is 0.223 e. The summed E-state index contributed by atoms with van der Waals surface area (Å²) >= 11 is 0. The summed E-state index contributed by atoms with van der Waals surface area (Å²) in [6.07, 6.45) is 3.49. The van der Waals surface area contributed by atoms with Crippen LogP contribution < -0.4 is 5.32 Å². The largest absolute Gasteiger partial charge is 0.389 e. The zero-order chi connectivity index (χ0) is 13.0. The minimum atomic E-state index is -0.827. The molecular formula is C14H18FNO2. The fourth-order valence-corrected chi connectivity index (χ4v) is 2.42. The van der Waals surface area contributed by atoms with E-state index in [-0.39, 0.29) is 18.1 Å². The standard InChI is InChI=1S/C14H18FNO2/c15-12-5-3-4-11(8-12)10-16-13(17)9-14(18)6-1-2-7-14/h3-5,8,18H,1-2,6-7,9-10H2,(H,16,17). The maximum absolute atomic E-state index is 12.9. The molecule has 0 unspecified atom stereocenters. The number of halogens is 1. The summed E-state index contributed by atoms with van der Waals surface area (Å²) in [7, 11) is 0. The Morgan fingerprint density at radius 2 is 2.11 bits per heavy atom. The highest BCUT2D eigenvalue weighted by Gasteiger charge is 2.33. The highest BCUT2D eigenvalue weighted by molar-refractivity contribution is 5.77. The van der Waals surface area contributed by atoms with Crippen LogP contribution in [-0.2, 0) is 11.3 Å². The van der Waals surface area contributed by atoms with Gasteiger partial charge in [-0.3, -0.25) is 4.79 Å². The number of rotatable bonds is 4. The topological polar surface area (TPSA) is 49.3 Å². The molecule has 3 nitrogen and oxygen atoms in total. The molecule has 0 radical (unpaired) electrons. The molecule has 0 spiro atoms. The van der Waals surface area contributed by atoms with Gasteiger partial charge in [-0.2, -0.15) is 0 Å². The summed E-state index contributed by atoms with van der Waals surface area (Å²) in [4.78, 5) is 11.7. The Hall–Kier alpha value is -1.42. The van der Waals surface area contributed by atoms with E-state index < -0.39 is 5.60 Å². The van der Waals surface area contributed by atoms with Gasteiger partial charge in [0.15, 0.2) is 0 Å². The van der Waals surface area contributed by atoms with Crippen LogP contribution in [-0.4, -0.2) is 16.6 Å². The highest BCUT2D eigenvalue weighted by Crippen LogP contribution is 2.32. The monoisotopic (exact) mass is 251 g/mol. The molecule has 1 aliphatic carbocycles. The van der Waals surface area contributed by atoms with Crippen molar-refractivity contribution >= 4 is 5.91 Å². The lowest BCUT2D eigenvalue weighted by Crippen LogP contribution is -2.34. The molecule has 0 aliphatic heterocycles. The molecule has 98 valence electrons. The van der Waals surface area contributed by atoms with E-state index in [0.717, 1.165) is 18.4 Å². The molecule has 1 fully saturated rings. The second-order valence-electron chi connectivity index (χ2n) is 5.01. The fourth-order valence-electron chi connectivity index (χ4n) is 2.42. The summed E-state index contributed by atoms with van der Waals surface area (Å²) in [6.45, 7) is 0.298. The van der Waals surface area contributed by atoms with Crippen LogP contribution in [0, 0.1) is 5.82 Å². The molecule has 1 aromatic carbocycles. The number of hydrogen-bond donors (Lipinski definition) is 2. The minimum Gasteiger partial charge on any atom is -0.389 e. The van der Waals surface area contributed by atoms with Crippen molar-refractivity contribution in [2.75, 3.05) is 0 Å². The number of nitrogens with one attached hydrogen (secondary N) is 1. The van der Waals surface area contributed by atoms with E-state index in [1.165, 1.54) is 12.1 Å². The third-order valence-corrected chi connectivity index (χ3v) is 3.40. The van der Waals surface area contributed by atoms with Gasteiger partial charge in [0.1, 0.15) is 5.82 Å². The molecule has 1 aliphatic rings. The van der Waals surface area contributed by atoms with Crippen molar-refractivity contribution < 1.29 is 14.3 Å². The molecule has 0 atom stereocenters. The van der Waals surface area contributed by atoms with E-state index >= 15 is 0 Å². The number of benzene rings is 1. The Bertz CT molecular complexity index is 428. The van der Waals surface area contributed by atoms with Crippen LogP contribution in [0.25, 0.3) is 0 Å². The van der Waals surface area contributed by atoms with Gasteiger partial charge < -0.3 is 10.4 Å².